The van der Waals surface area contributed by atoms with Crippen LogP contribution in [0.4, 0.5) is 13.2 Å². The van der Waals surface area contributed by atoms with Gasteiger partial charge in [-0.1, -0.05) is 30.6 Å². The van der Waals surface area contributed by atoms with Crippen LogP contribution in [0.3, 0.4) is 0 Å². The van der Waals surface area contributed by atoms with Crippen molar-refractivity contribution in [3.8, 4) is 17.5 Å². The van der Waals surface area contributed by atoms with Gasteiger partial charge in [-0.2, -0.15) is 23.4 Å². The molecule has 142 valence electrons. The van der Waals surface area contributed by atoms with Crippen LogP contribution in [0, 0.1) is 17.2 Å². The molecule has 9 heteroatoms. The zero-order valence-corrected chi connectivity index (χ0v) is 14.5. The highest BCUT2D eigenvalue weighted by Gasteiger charge is 2.39. The van der Waals surface area contributed by atoms with Gasteiger partial charge in [-0.05, 0) is 37.3 Å². The first-order valence-corrected chi connectivity index (χ1v) is 8.47. The molecule has 2 aromatic rings. The Morgan fingerprint density at radius 2 is 2.07 bits per heavy atom. The number of nitrogens with one attached hydrogen (secondary N) is 1. The molecule has 1 amide bonds. The van der Waals surface area contributed by atoms with Crippen molar-refractivity contribution in [2.45, 2.75) is 44.3 Å². The van der Waals surface area contributed by atoms with Crippen LogP contribution >= 0.6 is 0 Å². The molecule has 2 atom stereocenters. The molecular weight excluding hydrogens is 361 g/mol. The van der Waals surface area contributed by atoms with E-state index in [0.717, 1.165) is 12.8 Å². The van der Waals surface area contributed by atoms with Crippen molar-refractivity contribution in [2.24, 2.45) is 5.92 Å². The lowest BCUT2D eigenvalue weighted by Crippen LogP contribution is -2.50. The summed E-state index contributed by atoms with van der Waals surface area (Å²) in [7, 11) is 0. The normalized spacial score (nSPS) is 22.9. The second kappa shape index (κ2) is 7.02. The number of benzene rings is 1. The lowest BCUT2D eigenvalue weighted by atomic mass is 9.77. The molecular formula is C18H17F3N4O2. The van der Waals surface area contributed by atoms with Crippen LogP contribution in [0.1, 0.15) is 48.9 Å². The molecule has 6 nitrogen and oxygen atoms in total. The first-order valence-electron chi connectivity index (χ1n) is 8.47. The third-order valence-corrected chi connectivity index (χ3v) is 4.64. The minimum absolute atomic E-state index is 0.219. The summed E-state index contributed by atoms with van der Waals surface area (Å²) in [6.45, 7) is 2.05. The van der Waals surface area contributed by atoms with Crippen LogP contribution in [-0.2, 0) is 6.18 Å². The van der Waals surface area contributed by atoms with Gasteiger partial charge in [0.1, 0.15) is 5.54 Å². The fraction of sp³-hybridized carbons (Fsp3) is 0.444. The van der Waals surface area contributed by atoms with Crippen LogP contribution in [0.15, 0.2) is 28.8 Å². The van der Waals surface area contributed by atoms with E-state index >= 15 is 0 Å². The molecule has 1 N–H and O–H groups in total. The third kappa shape index (κ3) is 4.10. The van der Waals surface area contributed by atoms with Gasteiger partial charge in [0.15, 0.2) is 0 Å². The predicted molar refractivity (Wildman–Crippen MR) is 88.2 cm³/mol. The zero-order chi connectivity index (χ0) is 19.7. The summed E-state index contributed by atoms with van der Waals surface area (Å²) >= 11 is 0. The van der Waals surface area contributed by atoms with Gasteiger partial charge >= 0.3 is 12.1 Å². The quantitative estimate of drug-likeness (QED) is 0.873. The van der Waals surface area contributed by atoms with E-state index in [4.69, 9.17) is 0 Å². The van der Waals surface area contributed by atoms with E-state index in [1.807, 2.05) is 6.92 Å². The molecule has 3 rings (SSSR count). The molecule has 27 heavy (non-hydrogen) atoms. The Balaban J connectivity index is 1.74. The number of rotatable bonds is 3. The lowest BCUT2D eigenvalue weighted by Gasteiger charge is -2.35. The van der Waals surface area contributed by atoms with Crippen molar-refractivity contribution >= 4 is 5.91 Å². The molecule has 0 unspecified atom stereocenters. The topological polar surface area (TPSA) is 91.8 Å². The highest BCUT2D eigenvalue weighted by molar-refractivity contribution is 5.95. The number of amides is 1. The Hall–Kier alpha value is -2.89. The fourth-order valence-electron chi connectivity index (χ4n) is 3.31. The molecule has 1 fully saturated rings. The van der Waals surface area contributed by atoms with Crippen molar-refractivity contribution in [1.29, 1.82) is 5.26 Å². The third-order valence-electron chi connectivity index (χ3n) is 4.64. The van der Waals surface area contributed by atoms with Crippen molar-refractivity contribution < 1.29 is 22.5 Å². The largest absolute Gasteiger partial charge is 0.471 e. The van der Waals surface area contributed by atoms with Gasteiger partial charge < -0.3 is 9.84 Å². The van der Waals surface area contributed by atoms with E-state index in [2.05, 4.69) is 26.0 Å². The van der Waals surface area contributed by atoms with Crippen molar-refractivity contribution in [3.63, 3.8) is 0 Å². The second-order valence-electron chi connectivity index (χ2n) is 6.85. The number of aromatic nitrogens is 2. The van der Waals surface area contributed by atoms with Crippen LogP contribution < -0.4 is 5.32 Å². The van der Waals surface area contributed by atoms with Gasteiger partial charge in [0.2, 0.25) is 5.82 Å². The average Bonchev–Trinajstić information content (AvgIpc) is 3.12. The highest BCUT2D eigenvalue weighted by atomic mass is 19.4. The zero-order valence-electron chi connectivity index (χ0n) is 14.5. The molecule has 0 radical (unpaired) electrons. The van der Waals surface area contributed by atoms with Crippen LogP contribution in [0.5, 0.6) is 0 Å². The Bertz CT molecular complexity index is 870. The van der Waals surface area contributed by atoms with E-state index in [1.54, 1.807) is 0 Å². The molecule has 1 aliphatic rings. The highest BCUT2D eigenvalue weighted by Crippen LogP contribution is 2.32. The SMILES string of the molecule is C[C@@H]1CCC[C@](C#N)(NC(=O)c2ccc(-c3noc(C(F)(F)F)n3)cc2)C1. The number of hydrogen-bond acceptors (Lipinski definition) is 5. The molecule has 0 aliphatic heterocycles. The van der Waals surface area contributed by atoms with Crippen LogP contribution in [0.25, 0.3) is 11.4 Å². The van der Waals surface area contributed by atoms with E-state index in [0.29, 0.717) is 24.3 Å². The van der Waals surface area contributed by atoms with Crippen molar-refractivity contribution in [1.82, 2.24) is 15.5 Å². The van der Waals surface area contributed by atoms with Gasteiger partial charge in [0, 0.05) is 11.1 Å². The van der Waals surface area contributed by atoms with E-state index in [1.165, 1.54) is 24.3 Å². The van der Waals surface area contributed by atoms with Crippen molar-refractivity contribution in [3.05, 3.63) is 35.7 Å². The number of halogens is 3. The molecule has 1 aromatic carbocycles. The van der Waals surface area contributed by atoms with Gasteiger partial charge in [-0.15, -0.1) is 0 Å². The van der Waals surface area contributed by atoms with E-state index in [9.17, 15) is 23.2 Å². The van der Waals surface area contributed by atoms with E-state index in [-0.39, 0.29) is 11.4 Å². The number of nitriles is 1. The Kier molecular flexibility index (Phi) is 4.91. The first kappa shape index (κ1) is 18.9. The number of carbonyl (C=O) groups is 1. The standard InChI is InChI=1S/C18H17F3N4O2/c1-11-3-2-8-17(9-11,10-22)24-15(26)13-6-4-12(5-7-13)14-23-16(27-25-14)18(19,20)21/h4-7,11H,2-3,8-9H2,1H3,(H,24,26)/t11-,17+/m1/s1. The summed E-state index contributed by atoms with van der Waals surface area (Å²) in [6.07, 6.45) is -1.63. The molecule has 0 saturated heterocycles. The molecule has 0 spiro atoms. The Morgan fingerprint density at radius 3 is 2.63 bits per heavy atom. The summed E-state index contributed by atoms with van der Waals surface area (Å²) in [6, 6.07) is 8.00. The summed E-state index contributed by atoms with van der Waals surface area (Å²) in [5.41, 5.74) is -0.305. The molecule has 1 aromatic heterocycles. The smallest absolute Gasteiger partial charge is 0.334 e. The minimum Gasteiger partial charge on any atom is -0.334 e. The molecule has 1 saturated carbocycles. The Labute approximate surface area is 153 Å². The molecule has 1 heterocycles. The molecule has 1 aliphatic carbocycles. The number of hydrogen-bond donors (Lipinski definition) is 1. The number of carbonyl (C=O) groups excluding carboxylic acids is 1. The minimum atomic E-state index is -4.71. The molecule has 0 bridgehead atoms. The van der Waals surface area contributed by atoms with E-state index < -0.39 is 23.5 Å². The van der Waals surface area contributed by atoms with Gasteiger partial charge in [0.05, 0.1) is 6.07 Å². The first-order chi connectivity index (χ1) is 12.7. The summed E-state index contributed by atoms with van der Waals surface area (Å²) in [5.74, 6) is -1.70. The van der Waals surface area contributed by atoms with Gasteiger partial charge in [-0.3, -0.25) is 4.79 Å². The van der Waals surface area contributed by atoms with Crippen LogP contribution in [0.2, 0.25) is 0 Å². The van der Waals surface area contributed by atoms with Crippen LogP contribution in [-0.4, -0.2) is 21.6 Å². The average molecular weight is 378 g/mol. The maximum absolute atomic E-state index is 12.5. The number of alkyl halides is 3. The number of nitrogens with zero attached hydrogens (tertiary/aromatic N) is 3. The monoisotopic (exact) mass is 378 g/mol. The summed E-state index contributed by atoms with van der Waals surface area (Å²) in [5, 5.41) is 15.6. The predicted octanol–water partition coefficient (Wildman–Crippen LogP) is 3.96. The lowest BCUT2D eigenvalue weighted by molar-refractivity contribution is -0.159. The van der Waals surface area contributed by atoms with Gasteiger partial charge in [-0.25, -0.2) is 0 Å². The summed E-state index contributed by atoms with van der Waals surface area (Å²) < 4.78 is 41.8. The summed E-state index contributed by atoms with van der Waals surface area (Å²) in [4.78, 5) is 15.8. The maximum atomic E-state index is 12.5. The maximum Gasteiger partial charge on any atom is 0.471 e. The second-order valence-corrected chi connectivity index (χ2v) is 6.85. The Morgan fingerprint density at radius 1 is 1.37 bits per heavy atom. The fourth-order valence-corrected chi connectivity index (χ4v) is 3.31. The van der Waals surface area contributed by atoms with Crippen molar-refractivity contribution in [2.75, 3.05) is 0 Å². The van der Waals surface area contributed by atoms with Gasteiger partial charge in [0.25, 0.3) is 5.91 Å².